The van der Waals surface area contributed by atoms with Crippen molar-refractivity contribution in [2.45, 2.75) is 51.7 Å². The van der Waals surface area contributed by atoms with Crippen LogP contribution in [0.2, 0.25) is 0 Å². The van der Waals surface area contributed by atoms with Crippen LogP contribution in [0.15, 0.2) is 5.16 Å². The van der Waals surface area contributed by atoms with Crippen LogP contribution in [-0.2, 0) is 4.79 Å². The quantitative estimate of drug-likeness (QED) is 0.591. The summed E-state index contributed by atoms with van der Waals surface area (Å²) in [5.74, 6) is 0.422. The zero-order chi connectivity index (χ0) is 15.3. The summed E-state index contributed by atoms with van der Waals surface area (Å²) in [6.07, 6.45) is 0.649. The van der Waals surface area contributed by atoms with Gasteiger partial charge >= 0.3 is 0 Å². The van der Waals surface area contributed by atoms with Crippen LogP contribution in [0.3, 0.4) is 0 Å². The Morgan fingerprint density at radius 1 is 1.30 bits per heavy atom. The number of likely N-dealkylation sites (N-methyl/N-ethyl adjacent to an activating group) is 1. The molecule has 1 atom stereocenters. The first kappa shape index (κ1) is 16.9. The lowest BCUT2D eigenvalue weighted by Crippen LogP contribution is -2.53. The Balaban J connectivity index is 2.66. The van der Waals surface area contributed by atoms with Gasteiger partial charge in [0.2, 0.25) is 5.91 Å². The molecule has 0 saturated carbocycles. The molecule has 0 aliphatic heterocycles. The van der Waals surface area contributed by atoms with Gasteiger partial charge in [-0.25, -0.2) is 9.97 Å². The molecule has 0 radical (unpaired) electrons. The molecule has 20 heavy (non-hydrogen) atoms. The number of nitrogens with two attached hydrogens (primary N) is 1. The average Bonchev–Trinajstić information content (AvgIpc) is 2.36. The molecule has 1 aromatic rings. The smallest absolute Gasteiger partial charge is 0.237 e. The number of aryl methyl sites for hydroxylation is 2. The number of carbonyl (C=O) groups excluding carboxylic acids is 1. The van der Waals surface area contributed by atoms with Gasteiger partial charge in [-0.05, 0) is 46.2 Å². The van der Waals surface area contributed by atoms with Crippen molar-refractivity contribution in [2.24, 2.45) is 5.73 Å². The fourth-order valence-corrected chi connectivity index (χ4v) is 2.94. The van der Waals surface area contributed by atoms with Crippen LogP contribution in [0, 0.1) is 20.8 Å². The van der Waals surface area contributed by atoms with Crippen molar-refractivity contribution in [2.75, 3.05) is 12.3 Å². The van der Waals surface area contributed by atoms with Crippen LogP contribution in [0.1, 0.15) is 37.2 Å². The molecule has 0 saturated heterocycles. The molecule has 1 amide bonds. The maximum absolute atomic E-state index is 11.5. The van der Waals surface area contributed by atoms with Crippen molar-refractivity contribution in [3.63, 3.8) is 0 Å². The highest BCUT2D eigenvalue weighted by Crippen LogP contribution is 2.21. The van der Waals surface area contributed by atoms with Crippen molar-refractivity contribution in [3.05, 3.63) is 17.0 Å². The van der Waals surface area contributed by atoms with Gasteiger partial charge in [0.15, 0.2) is 5.16 Å². The van der Waals surface area contributed by atoms with Gasteiger partial charge in [0.25, 0.3) is 0 Å². The van der Waals surface area contributed by atoms with E-state index in [1.165, 1.54) is 0 Å². The number of nitrogens with one attached hydrogen (secondary N) is 1. The Hall–Kier alpha value is -1.14. The van der Waals surface area contributed by atoms with Crippen LogP contribution in [-0.4, -0.2) is 33.7 Å². The molecule has 0 aliphatic rings. The fraction of sp³-hybridized carbons (Fsp3) is 0.643. The molecule has 0 aromatic carbocycles. The first-order valence-electron chi connectivity index (χ1n) is 6.79. The van der Waals surface area contributed by atoms with Crippen molar-refractivity contribution in [3.8, 4) is 0 Å². The Kier molecular flexibility index (Phi) is 5.95. The average molecular weight is 296 g/mol. The SMILES string of the molecule is CCNC(C)(CCSc1nc(C)c(C)c(C)n1)C(N)=O. The minimum Gasteiger partial charge on any atom is -0.368 e. The molecule has 0 fully saturated rings. The first-order chi connectivity index (χ1) is 9.30. The van der Waals surface area contributed by atoms with E-state index in [4.69, 9.17) is 5.73 Å². The van der Waals surface area contributed by atoms with Crippen molar-refractivity contribution < 1.29 is 4.79 Å². The third kappa shape index (κ3) is 4.18. The highest BCUT2D eigenvalue weighted by Gasteiger charge is 2.29. The van der Waals surface area contributed by atoms with Crippen LogP contribution in [0.5, 0.6) is 0 Å². The Morgan fingerprint density at radius 3 is 2.30 bits per heavy atom. The number of hydrogen-bond acceptors (Lipinski definition) is 5. The second kappa shape index (κ2) is 7.04. The first-order valence-corrected chi connectivity index (χ1v) is 7.78. The van der Waals surface area contributed by atoms with Crippen LogP contribution in [0.4, 0.5) is 0 Å². The number of amides is 1. The lowest BCUT2D eigenvalue weighted by molar-refractivity contribution is -0.123. The molecule has 6 heteroatoms. The van der Waals surface area contributed by atoms with Gasteiger partial charge in [-0.2, -0.15) is 0 Å². The summed E-state index contributed by atoms with van der Waals surface area (Å²) in [6, 6.07) is 0. The van der Waals surface area contributed by atoms with Crippen molar-refractivity contribution in [1.29, 1.82) is 0 Å². The molecule has 0 aliphatic carbocycles. The van der Waals surface area contributed by atoms with E-state index in [0.717, 1.165) is 27.9 Å². The minimum atomic E-state index is -0.670. The highest BCUT2D eigenvalue weighted by molar-refractivity contribution is 7.99. The van der Waals surface area contributed by atoms with Gasteiger partial charge in [-0.1, -0.05) is 18.7 Å². The predicted molar refractivity (Wildman–Crippen MR) is 82.9 cm³/mol. The van der Waals surface area contributed by atoms with E-state index < -0.39 is 5.54 Å². The van der Waals surface area contributed by atoms with Crippen molar-refractivity contribution >= 4 is 17.7 Å². The summed E-state index contributed by atoms with van der Waals surface area (Å²) in [6.45, 7) is 10.5. The van der Waals surface area contributed by atoms with E-state index in [-0.39, 0.29) is 5.91 Å². The molecule has 1 rings (SSSR count). The van der Waals surface area contributed by atoms with Gasteiger partial charge in [-0.3, -0.25) is 4.79 Å². The van der Waals surface area contributed by atoms with E-state index >= 15 is 0 Å². The van der Waals surface area contributed by atoms with E-state index in [0.29, 0.717) is 13.0 Å². The van der Waals surface area contributed by atoms with Gasteiger partial charge in [0, 0.05) is 17.1 Å². The predicted octanol–water partition coefficient (Wildman–Crippen LogP) is 1.74. The molecule has 3 N–H and O–H groups in total. The second-order valence-corrected chi connectivity index (χ2v) is 6.19. The van der Waals surface area contributed by atoms with E-state index in [1.54, 1.807) is 11.8 Å². The zero-order valence-corrected chi connectivity index (χ0v) is 13.7. The van der Waals surface area contributed by atoms with Gasteiger partial charge in [-0.15, -0.1) is 0 Å². The minimum absolute atomic E-state index is 0.322. The topological polar surface area (TPSA) is 80.9 Å². The molecule has 1 heterocycles. The van der Waals surface area contributed by atoms with Gasteiger partial charge < -0.3 is 11.1 Å². The van der Waals surface area contributed by atoms with Gasteiger partial charge in [0.1, 0.15) is 0 Å². The summed E-state index contributed by atoms with van der Waals surface area (Å²) < 4.78 is 0. The number of primary amides is 1. The number of rotatable bonds is 7. The number of thioether (sulfide) groups is 1. The van der Waals surface area contributed by atoms with E-state index in [9.17, 15) is 4.79 Å². The second-order valence-electron chi connectivity index (χ2n) is 5.13. The molecular weight excluding hydrogens is 272 g/mol. The molecular formula is C14H24N4OS. The highest BCUT2D eigenvalue weighted by atomic mass is 32.2. The molecule has 112 valence electrons. The summed E-state index contributed by atoms with van der Waals surface area (Å²) >= 11 is 1.56. The van der Waals surface area contributed by atoms with Crippen LogP contribution < -0.4 is 11.1 Å². The fourth-order valence-electron chi connectivity index (χ4n) is 1.84. The zero-order valence-electron chi connectivity index (χ0n) is 12.9. The lowest BCUT2D eigenvalue weighted by atomic mass is 9.98. The molecule has 5 nitrogen and oxygen atoms in total. The molecule has 1 unspecified atom stereocenters. The van der Waals surface area contributed by atoms with Crippen LogP contribution >= 0.6 is 11.8 Å². The van der Waals surface area contributed by atoms with E-state index in [1.807, 2.05) is 34.6 Å². The lowest BCUT2D eigenvalue weighted by Gasteiger charge is -2.26. The molecule has 1 aromatic heterocycles. The molecule has 0 spiro atoms. The maximum atomic E-state index is 11.5. The van der Waals surface area contributed by atoms with E-state index in [2.05, 4.69) is 15.3 Å². The normalized spacial score (nSPS) is 14.1. The Morgan fingerprint density at radius 2 is 1.85 bits per heavy atom. The third-order valence-electron chi connectivity index (χ3n) is 3.56. The van der Waals surface area contributed by atoms with Crippen LogP contribution in [0.25, 0.3) is 0 Å². The summed E-state index contributed by atoms with van der Waals surface area (Å²) in [5, 5.41) is 3.91. The Bertz CT molecular complexity index is 469. The maximum Gasteiger partial charge on any atom is 0.237 e. The molecule has 0 bridgehead atoms. The summed E-state index contributed by atoms with van der Waals surface area (Å²) in [5.41, 5.74) is 7.93. The van der Waals surface area contributed by atoms with Gasteiger partial charge in [0.05, 0.1) is 5.54 Å². The monoisotopic (exact) mass is 296 g/mol. The van der Waals surface area contributed by atoms with Crippen molar-refractivity contribution in [1.82, 2.24) is 15.3 Å². The number of hydrogen-bond donors (Lipinski definition) is 2. The summed E-state index contributed by atoms with van der Waals surface area (Å²) in [7, 11) is 0. The Labute approximate surface area is 125 Å². The summed E-state index contributed by atoms with van der Waals surface area (Å²) in [4.78, 5) is 20.4. The third-order valence-corrected chi connectivity index (χ3v) is 4.41. The largest absolute Gasteiger partial charge is 0.368 e. The number of nitrogens with zero attached hydrogens (tertiary/aromatic N) is 2. The standard InChI is InChI=1S/C14H24N4OS/c1-6-16-14(5,12(15)19)7-8-20-13-17-10(3)9(2)11(4)18-13/h16H,6-8H2,1-5H3,(H2,15,19). The number of aromatic nitrogens is 2. The number of carbonyl (C=O) groups is 1.